The summed E-state index contributed by atoms with van der Waals surface area (Å²) in [7, 11) is 0. The summed E-state index contributed by atoms with van der Waals surface area (Å²) in [6.07, 6.45) is 0. The maximum atomic E-state index is 12.7. The van der Waals surface area contributed by atoms with E-state index < -0.39 is 22.4 Å². The third-order valence-electron chi connectivity index (χ3n) is 20.0. The van der Waals surface area contributed by atoms with Crippen molar-refractivity contribution in [3.05, 3.63) is 406 Å². The third kappa shape index (κ3) is 12.2. The Bertz CT molecular complexity index is 4500. The van der Waals surface area contributed by atoms with Crippen molar-refractivity contribution in [2.45, 2.75) is 50.1 Å². The van der Waals surface area contributed by atoms with Gasteiger partial charge in [0, 0.05) is 93.2 Å². The minimum Gasteiger partial charge on any atom is -0.397 e. The van der Waals surface area contributed by atoms with Crippen molar-refractivity contribution < 1.29 is 40.9 Å². The first-order chi connectivity index (χ1) is 50.9. The minimum absolute atomic E-state index is 0.250. The van der Waals surface area contributed by atoms with Gasteiger partial charge >= 0.3 is 0 Å². The number of hydrogen-bond acceptors (Lipinski definition) is 8. The van der Waals surface area contributed by atoms with Crippen molar-refractivity contribution in [2.75, 3.05) is 26.4 Å². The van der Waals surface area contributed by atoms with Gasteiger partial charge in [-0.05, 0) is 117 Å². The molecule has 0 spiro atoms. The van der Waals surface area contributed by atoms with Crippen molar-refractivity contribution >= 4 is 0 Å². The molecule has 8 N–H and O–H groups in total. The van der Waals surface area contributed by atoms with E-state index in [0.29, 0.717) is 0 Å². The van der Waals surface area contributed by atoms with Crippen molar-refractivity contribution in [1.82, 2.24) is 0 Å². The van der Waals surface area contributed by atoms with Crippen LogP contribution < -0.4 is 0 Å². The van der Waals surface area contributed by atoms with Crippen LogP contribution in [0.2, 0.25) is 0 Å². The first kappa shape index (κ1) is 71.2. The highest BCUT2D eigenvalue weighted by atomic mass is 16.3. The fourth-order valence-corrected chi connectivity index (χ4v) is 15.9. The SMILES string of the molecule is CCO.CCO.CCO.CCO.OC1(c2ccccc2-c2ccc(-c3ccccc3C3(O)c4ccccc4-c4ccccc43)cc2)c2ccccc2-c2ccccc21.OC1(c2ccccc2-c2ccc(-c3ccccc3C3(O)c4ccccc4-c4ccccc43)cc2)c2ccccc2-c2ccccc21. The van der Waals surface area contributed by atoms with E-state index in [1.54, 1.807) is 27.7 Å². The molecule has 0 unspecified atom stereocenters. The van der Waals surface area contributed by atoms with Gasteiger partial charge < -0.3 is 40.9 Å². The summed E-state index contributed by atoms with van der Waals surface area (Å²) in [5.41, 5.74) is 22.0. The standard InChI is InChI=1S/2C44H30O2.4C2H6O/c2*45-43(39-21-9-3-15-33(39)34-16-4-10-22-40(34)43)37-19-7-1-13-31(37)29-25-27-30(28-26-29)32-14-2-8-20-38(32)44(46)41-23-11-5-17-35(41)36-18-6-12-24-42(36)44;4*1-2-3/h2*1-28,45-46H;4*3H,2H2,1H3. The van der Waals surface area contributed by atoms with Crippen LogP contribution in [0.1, 0.15) is 94.5 Å². The van der Waals surface area contributed by atoms with Gasteiger partial charge in [-0.2, -0.15) is 0 Å². The molecule has 8 heteroatoms. The Labute approximate surface area is 609 Å². The topological polar surface area (TPSA) is 162 Å². The predicted octanol–water partition coefficient (Wildman–Crippen LogP) is 19.1. The minimum atomic E-state index is -1.28. The Balaban J connectivity index is 0.000000161. The predicted molar refractivity (Wildman–Crippen MR) is 422 cm³/mol. The highest BCUT2D eigenvalue weighted by Crippen LogP contribution is 2.57. The molecule has 0 heterocycles. The molecular weight excluding hydrogens is 1280 g/mol. The summed E-state index contributed by atoms with van der Waals surface area (Å²) in [6, 6.07) is 115. The van der Waals surface area contributed by atoms with Crippen LogP contribution in [0.25, 0.3) is 89.0 Å². The number of hydrogen-bond donors (Lipinski definition) is 8. The summed E-state index contributed by atoms with van der Waals surface area (Å²) < 4.78 is 0. The van der Waals surface area contributed by atoms with Gasteiger partial charge in [-0.1, -0.05) is 340 Å². The molecule has 0 atom stereocenters. The van der Waals surface area contributed by atoms with Gasteiger partial charge in [-0.25, -0.2) is 0 Å². The maximum Gasteiger partial charge on any atom is 0.142 e. The molecule has 4 aliphatic rings. The lowest BCUT2D eigenvalue weighted by Gasteiger charge is -2.29. The molecule has 0 aromatic heterocycles. The van der Waals surface area contributed by atoms with E-state index in [-0.39, 0.29) is 26.4 Å². The summed E-state index contributed by atoms with van der Waals surface area (Å²) >= 11 is 0. The Morgan fingerprint density at radius 3 is 0.356 bits per heavy atom. The molecule has 516 valence electrons. The largest absolute Gasteiger partial charge is 0.397 e. The fourth-order valence-electron chi connectivity index (χ4n) is 15.9. The molecule has 0 fully saturated rings. The van der Waals surface area contributed by atoms with Crippen LogP contribution in [-0.4, -0.2) is 67.3 Å². The van der Waals surface area contributed by atoms with Gasteiger partial charge in [0.2, 0.25) is 0 Å². The molecule has 0 saturated carbocycles. The monoisotopic (exact) mass is 1360 g/mol. The van der Waals surface area contributed by atoms with Crippen molar-refractivity contribution in [3.8, 4) is 89.0 Å². The van der Waals surface area contributed by atoms with Crippen molar-refractivity contribution in [1.29, 1.82) is 0 Å². The van der Waals surface area contributed by atoms with Crippen LogP contribution in [0.15, 0.2) is 340 Å². The molecule has 14 aromatic rings. The number of aliphatic hydroxyl groups is 8. The van der Waals surface area contributed by atoms with Crippen molar-refractivity contribution in [3.63, 3.8) is 0 Å². The number of rotatable bonds is 8. The fraction of sp³-hybridized carbons (Fsp3) is 0.125. The van der Waals surface area contributed by atoms with Gasteiger partial charge in [-0.3, -0.25) is 0 Å². The Kier molecular flexibility index (Phi) is 21.0. The normalized spacial score (nSPS) is 13.7. The average molecular weight is 1370 g/mol. The molecule has 4 aliphatic carbocycles. The van der Waals surface area contributed by atoms with E-state index in [0.717, 1.165) is 156 Å². The van der Waals surface area contributed by atoms with Crippen LogP contribution in [0.5, 0.6) is 0 Å². The summed E-state index contributed by atoms with van der Waals surface area (Å²) in [5, 5.41) is 80.9. The van der Waals surface area contributed by atoms with E-state index in [4.69, 9.17) is 20.4 Å². The lowest BCUT2D eigenvalue weighted by molar-refractivity contribution is 0.131. The lowest BCUT2D eigenvalue weighted by atomic mass is 9.79. The van der Waals surface area contributed by atoms with Gasteiger partial charge in [-0.15, -0.1) is 0 Å². The zero-order chi connectivity index (χ0) is 72.6. The van der Waals surface area contributed by atoms with Gasteiger partial charge in [0.05, 0.1) is 0 Å². The van der Waals surface area contributed by atoms with E-state index in [1.807, 2.05) is 218 Å². The quantitative estimate of drug-likeness (QED) is 0.0746. The molecule has 14 aromatic carbocycles. The molecule has 104 heavy (non-hydrogen) atoms. The van der Waals surface area contributed by atoms with Crippen LogP contribution >= 0.6 is 0 Å². The van der Waals surface area contributed by atoms with E-state index >= 15 is 0 Å². The zero-order valence-electron chi connectivity index (χ0n) is 58.7. The molecular formula is C96H84O8. The smallest absolute Gasteiger partial charge is 0.142 e. The van der Waals surface area contributed by atoms with Crippen LogP contribution in [0.3, 0.4) is 0 Å². The van der Waals surface area contributed by atoms with Gasteiger partial charge in [0.25, 0.3) is 0 Å². The number of aliphatic hydroxyl groups excluding tert-OH is 4. The Morgan fingerprint density at radius 1 is 0.154 bits per heavy atom. The number of fused-ring (bicyclic) bond motifs is 12. The molecule has 0 amide bonds. The van der Waals surface area contributed by atoms with E-state index in [9.17, 15) is 20.4 Å². The zero-order valence-corrected chi connectivity index (χ0v) is 58.7. The van der Waals surface area contributed by atoms with Crippen LogP contribution in [-0.2, 0) is 22.4 Å². The van der Waals surface area contributed by atoms with Crippen molar-refractivity contribution in [2.24, 2.45) is 0 Å². The molecule has 18 rings (SSSR count). The third-order valence-corrected chi connectivity index (χ3v) is 20.0. The van der Waals surface area contributed by atoms with E-state index in [1.165, 1.54) is 0 Å². The van der Waals surface area contributed by atoms with Gasteiger partial charge in [0.15, 0.2) is 0 Å². The Hall–Kier alpha value is -11.2. The average Bonchev–Trinajstić information content (AvgIpc) is 1.58. The van der Waals surface area contributed by atoms with E-state index in [2.05, 4.69) is 121 Å². The Morgan fingerprint density at radius 2 is 0.240 bits per heavy atom. The highest BCUT2D eigenvalue weighted by molar-refractivity contribution is 5.90. The first-order valence-electron chi connectivity index (χ1n) is 35.6. The molecule has 0 saturated heterocycles. The lowest BCUT2D eigenvalue weighted by Crippen LogP contribution is -2.27. The molecule has 0 bridgehead atoms. The highest BCUT2D eigenvalue weighted by Gasteiger charge is 2.48. The second-order valence-electron chi connectivity index (χ2n) is 25.8. The molecule has 0 radical (unpaired) electrons. The first-order valence-corrected chi connectivity index (χ1v) is 35.6. The second-order valence-corrected chi connectivity index (χ2v) is 25.8. The maximum absolute atomic E-state index is 12.7. The summed E-state index contributed by atoms with van der Waals surface area (Å²) in [6.45, 7) is 7.72. The summed E-state index contributed by atoms with van der Waals surface area (Å²) in [4.78, 5) is 0. The second kappa shape index (κ2) is 30.8. The summed E-state index contributed by atoms with van der Waals surface area (Å²) in [5.74, 6) is 0. The van der Waals surface area contributed by atoms with Crippen LogP contribution in [0.4, 0.5) is 0 Å². The molecule has 8 nitrogen and oxygen atoms in total. The van der Waals surface area contributed by atoms with Gasteiger partial charge in [0.1, 0.15) is 22.4 Å². The molecule has 0 aliphatic heterocycles. The van der Waals surface area contributed by atoms with Crippen LogP contribution in [0, 0.1) is 0 Å². The number of benzene rings is 14.